The summed E-state index contributed by atoms with van der Waals surface area (Å²) in [5.74, 6) is 0.768. The number of hydrogen-bond acceptors (Lipinski definition) is 1. The van der Waals surface area contributed by atoms with Crippen LogP contribution >= 0.6 is 27.5 Å². The van der Waals surface area contributed by atoms with Crippen molar-refractivity contribution in [1.29, 1.82) is 0 Å². The first kappa shape index (κ1) is 13.8. The Morgan fingerprint density at radius 3 is 2.67 bits per heavy atom. The molecule has 0 N–H and O–H groups in total. The third-order valence-electron chi connectivity index (χ3n) is 3.28. The van der Waals surface area contributed by atoms with Gasteiger partial charge >= 0.3 is 0 Å². The molecule has 1 aromatic rings. The van der Waals surface area contributed by atoms with E-state index in [2.05, 4.69) is 15.9 Å². The Bertz CT molecular complexity index is 447. The third-order valence-corrected chi connectivity index (χ3v) is 4.37. The minimum Gasteiger partial charge on any atom is -0.339 e. The first-order valence-corrected chi connectivity index (χ1v) is 7.25. The van der Waals surface area contributed by atoms with E-state index in [9.17, 15) is 9.18 Å². The maximum Gasteiger partial charge on any atom is 0.255 e. The molecule has 1 aliphatic heterocycles. The van der Waals surface area contributed by atoms with Crippen molar-refractivity contribution in [3.8, 4) is 0 Å². The fourth-order valence-corrected chi connectivity index (χ4v) is 2.95. The van der Waals surface area contributed by atoms with E-state index in [4.69, 9.17) is 11.6 Å². The molecule has 0 aliphatic carbocycles. The van der Waals surface area contributed by atoms with E-state index < -0.39 is 0 Å². The van der Waals surface area contributed by atoms with Gasteiger partial charge in [-0.3, -0.25) is 4.79 Å². The van der Waals surface area contributed by atoms with Gasteiger partial charge in [0, 0.05) is 23.4 Å². The Morgan fingerprint density at radius 1 is 1.44 bits per heavy atom. The van der Waals surface area contributed by atoms with Crippen molar-refractivity contribution < 1.29 is 9.18 Å². The highest BCUT2D eigenvalue weighted by molar-refractivity contribution is 9.10. The van der Waals surface area contributed by atoms with E-state index in [-0.39, 0.29) is 11.7 Å². The van der Waals surface area contributed by atoms with Gasteiger partial charge in [0.1, 0.15) is 5.82 Å². The fraction of sp³-hybridized carbons (Fsp3) is 0.462. The summed E-state index contributed by atoms with van der Waals surface area (Å²) in [5, 5.41) is 0. The number of halogens is 3. The van der Waals surface area contributed by atoms with Gasteiger partial charge in [0.15, 0.2) is 0 Å². The molecule has 1 fully saturated rings. The molecule has 18 heavy (non-hydrogen) atoms. The Kier molecular flexibility index (Phi) is 4.62. The lowest BCUT2D eigenvalue weighted by atomic mass is 9.98. The number of benzene rings is 1. The number of rotatable bonds is 2. The molecule has 0 saturated carbocycles. The normalized spacial score (nSPS) is 16.9. The van der Waals surface area contributed by atoms with Crippen LogP contribution < -0.4 is 0 Å². The van der Waals surface area contributed by atoms with Crippen LogP contribution in [0.5, 0.6) is 0 Å². The number of hydrogen-bond donors (Lipinski definition) is 0. The number of nitrogens with zero attached hydrogens (tertiary/aromatic N) is 1. The fourth-order valence-electron chi connectivity index (χ4n) is 2.12. The molecular weight excluding hydrogens is 321 g/mol. The van der Waals surface area contributed by atoms with Gasteiger partial charge in [-0.05, 0) is 52.9 Å². The van der Waals surface area contributed by atoms with Crippen LogP contribution in [0.4, 0.5) is 4.39 Å². The van der Waals surface area contributed by atoms with Crippen LogP contribution in [-0.2, 0) is 0 Å². The summed E-state index contributed by atoms with van der Waals surface area (Å²) in [4.78, 5) is 14.1. The molecule has 0 spiro atoms. The van der Waals surface area contributed by atoms with E-state index in [1.165, 1.54) is 18.2 Å². The first-order chi connectivity index (χ1) is 8.61. The van der Waals surface area contributed by atoms with Gasteiger partial charge in [0.25, 0.3) is 5.91 Å². The lowest BCUT2D eigenvalue weighted by molar-refractivity contribution is 0.0697. The highest BCUT2D eigenvalue weighted by atomic mass is 79.9. The molecule has 1 saturated heterocycles. The molecule has 0 bridgehead atoms. The van der Waals surface area contributed by atoms with E-state index in [1.54, 1.807) is 4.90 Å². The van der Waals surface area contributed by atoms with Gasteiger partial charge in [-0.2, -0.15) is 0 Å². The second-order valence-electron chi connectivity index (χ2n) is 4.51. The van der Waals surface area contributed by atoms with Crippen LogP contribution in [0.3, 0.4) is 0 Å². The molecule has 1 aromatic carbocycles. The van der Waals surface area contributed by atoms with Crippen LogP contribution in [0.2, 0.25) is 0 Å². The second-order valence-corrected chi connectivity index (χ2v) is 5.68. The van der Waals surface area contributed by atoms with E-state index in [0.717, 1.165) is 25.9 Å². The number of carbonyl (C=O) groups excluding carboxylic acids is 1. The first-order valence-electron chi connectivity index (χ1n) is 5.92. The van der Waals surface area contributed by atoms with Crippen LogP contribution in [0, 0.1) is 11.7 Å². The highest BCUT2D eigenvalue weighted by Gasteiger charge is 2.24. The van der Waals surface area contributed by atoms with E-state index in [1.807, 2.05) is 0 Å². The summed E-state index contributed by atoms with van der Waals surface area (Å²) in [6.45, 7) is 1.44. The zero-order valence-electron chi connectivity index (χ0n) is 9.83. The summed E-state index contributed by atoms with van der Waals surface area (Å²) in [6.07, 6.45) is 1.88. The Hall–Kier alpha value is -0.610. The summed E-state index contributed by atoms with van der Waals surface area (Å²) in [6, 6.07) is 4.15. The predicted molar refractivity (Wildman–Crippen MR) is 73.4 cm³/mol. The molecule has 1 aliphatic rings. The molecule has 5 heteroatoms. The van der Waals surface area contributed by atoms with Crippen LogP contribution in [-0.4, -0.2) is 29.8 Å². The van der Waals surface area contributed by atoms with Crippen molar-refractivity contribution in [2.75, 3.05) is 19.0 Å². The van der Waals surface area contributed by atoms with Crippen molar-refractivity contribution in [2.45, 2.75) is 12.8 Å². The van der Waals surface area contributed by atoms with Crippen molar-refractivity contribution in [3.63, 3.8) is 0 Å². The summed E-state index contributed by atoms with van der Waals surface area (Å²) in [7, 11) is 0. The van der Waals surface area contributed by atoms with Gasteiger partial charge in [0.2, 0.25) is 0 Å². The van der Waals surface area contributed by atoms with Gasteiger partial charge in [0.05, 0.1) is 5.56 Å². The largest absolute Gasteiger partial charge is 0.339 e. The molecule has 98 valence electrons. The van der Waals surface area contributed by atoms with Gasteiger partial charge in [-0.1, -0.05) is 0 Å². The maximum absolute atomic E-state index is 13.0. The van der Waals surface area contributed by atoms with Gasteiger partial charge in [-0.15, -0.1) is 11.6 Å². The molecule has 0 unspecified atom stereocenters. The smallest absolute Gasteiger partial charge is 0.255 e. The molecule has 1 amide bonds. The number of amides is 1. The highest BCUT2D eigenvalue weighted by Crippen LogP contribution is 2.23. The zero-order chi connectivity index (χ0) is 13.1. The van der Waals surface area contributed by atoms with Crippen LogP contribution in [0.1, 0.15) is 23.2 Å². The average Bonchev–Trinajstić information content (AvgIpc) is 2.38. The van der Waals surface area contributed by atoms with Crippen LogP contribution in [0.25, 0.3) is 0 Å². The SMILES string of the molecule is O=C(c1ccc(F)cc1Br)N1CCC(CCl)CC1. The van der Waals surface area contributed by atoms with Crippen molar-refractivity contribution in [1.82, 2.24) is 4.90 Å². The topological polar surface area (TPSA) is 20.3 Å². The van der Waals surface area contributed by atoms with Crippen molar-refractivity contribution in [3.05, 3.63) is 34.1 Å². The van der Waals surface area contributed by atoms with Crippen molar-refractivity contribution in [2.24, 2.45) is 5.92 Å². The molecule has 2 nitrogen and oxygen atoms in total. The average molecular weight is 335 g/mol. The quantitative estimate of drug-likeness (QED) is 0.756. The molecule has 0 atom stereocenters. The summed E-state index contributed by atoms with van der Waals surface area (Å²) in [5.41, 5.74) is 0.515. The standard InChI is InChI=1S/C13H14BrClFNO/c14-12-7-10(16)1-2-11(12)13(18)17-5-3-9(8-15)4-6-17/h1-2,7,9H,3-6,8H2. The minimum atomic E-state index is -0.348. The van der Waals surface area contributed by atoms with Gasteiger partial charge in [-0.25, -0.2) is 4.39 Å². The maximum atomic E-state index is 13.0. The number of carbonyl (C=O) groups is 1. The number of piperidine rings is 1. The van der Waals surface area contributed by atoms with E-state index >= 15 is 0 Å². The predicted octanol–water partition coefficient (Wildman–Crippen LogP) is 3.68. The lowest BCUT2D eigenvalue weighted by Gasteiger charge is -2.31. The lowest BCUT2D eigenvalue weighted by Crippen LogP contribution is -2.39. The molecule has 2 rings (SSSR count). The molecule has 0 aromatic heterocycles. The van der Waals surface area contributed by atoms with Gasteiger partial charge < -0.3 is 4.90 Å². The second kappa shape index (κ2) is 6.02. The van der Waals surface area contributed by atoms with Crippen molar-refractivity contribution >= 4 is 33.4 Å². The summed E-state index contributed by atoms with van der Waals surface area (Å²) >= 11 is 9.05. The van der Waals surface area contributed by atoms with E-state index in [0.29, 0.717) is 21.8 Å². The zero-order valence-corrected chi connectivity index (χ0v) is 12.2. The summed E-state index contributed by atoms with van der Waals surface area (Å²) < 4.78 is 13.5. The Morgan fingerprint density at radius 2 is 2.11 bits per heavy atom. The third kappa shape index (κ3) is 3.04. The Labute approximate surface area is 119 Å². The number of alkyl halides is 1. The molecule has 1 heterocycles. The molecular formula is C13H14BrClFNO. The number of likely N-dealkylation sites (tertiary alicyclic amines) is 1. The van der Waals surface area contributed by atoms with Crippen LogP contribution in [0.15, 0.2) is 22.7 Å². The minimum absolute atomic E-state index is 0.0464. The Balaban J connectivity index is 2.08. The molecule has 0 radical (unpaired) electrons. The monoisotopic (exact) mass is 333 g/mol.